The Morgan fingerprint density at radius 3 is 2.36 bits per heavy atom. The minimum Gasteiger partial charge on any atom is -0.406 e. The molecule has 176 valence electrons. The van der Waals surface area contributed by atoms with Crippen LogP contribution in [0.1, 0.15) is 25.8 Å². The summed E-state index contributed by atoms with van der Waals surface area (Å²) in [6, 6.07) is 9.90. The summed E-state index contributed by atoms with van der Waals surface area (Å²) in [6.45, 7) is 4.13. The zero-order valence-electron chi connectivity index (χ0n) is 17.9. The van der Waals surface area contributed by atoms with Gasteiger partial charge in [-0.2, -0.15) is 0 Å². The third kappa shape index (κ3) is 6.32. The lowest BCUT2D eigenvalue weighted by Crippen LogP contribution is -2.34. The molecule has 0 saturated heterocycles. The lowest BCUT2D eigenvalue weighted by molar-refractivity contribution is -0.274. The molecule has 0 atom stereocenters. The molecule has 0 radical (unpaired) electrons. The molecule has 0 unspecified atom stereocenters. The molecule has 1 aliphatic heterocycles. The Morgan fingerprint density at radius 2 is 1.73 bits per heavy atom. The Kier molecular flexibility index (Phi) is 7.37. The van der Waals surface area contributed by atoms with Crippen LogP contribution in [-0.4, -0.2) is 42.3 Å². The molecule has 33 heavy (non-hydrogen) atoms. The van der Waals surface area contributed by atoms with Crippen LogP contribution >= 0.6 is 0 Å². The number of rotatable bonds is 9. The van der Waals surface area contributed by atoms with Gasteiger partial charge in [-0.15, -0.1) is 13.2 Å². The van der Waals surface area contributed by atoms with Gasteiger partial charge in [0.2, 0.25) is 0 Å². The molecule has 10 heteroatoms. The van der Waals surface area contributed by atoms with Crippen molar-refractivity contribution in [2.45, 2.75) is 32.7 Å². The maximum Gasteiger partial charge on any atom is 0.573 e. The molecule has 0 aliphatic carbocycles. The molecule has 1 aliphatic rings. The smallest absolute Gasteiger partial charge is 0.406 e. The third-order valence-corrected chi connectivity index (χ3v) is 4.62. The van der Waals surface area contributed by atoms with Crippen LogP contribution in [0.5, 0.6) is 5.75 Å². The molecule has 1 N–H and O–H groups in total. The van der Waals surface area contributed by atoms with Crippen LogP contribution in [0, 0.1) is 5.82 Å². The Morgan fingerprint density at radius 1 is 1.03 bits per heavy atom. The number of nitrogens with one attached hydrogen (secondary N) is 1. The summed E-state index contributed by atoms with van der Waals surface area (Å²) in [5, 5.41) is 2.74. The summed E-state index contributed by atoms with van der Waals surface area (Å²) in [5.41, 5.74) is 0.269. The fraction of sp³-hybridized carbons (Fsp3) is 0.304. The van der Waals surface area contributed by atoms with Gasteiger partial charge in [-0.1, -0.05) is 18.2 Å². The fourth-order valence-electron chi connectivity index (χ4n) is 3.24. The average molecular weight is 466 g/mol. The minimum absolute atomic E-state index is 0.00748. The number of imide groups is 1. The molecule has 6 nitrogen and oxygen atoms in total. The maximum absolute atomic E-state index is 13.4. The molecule has 0 fully saturated rings. The van der Waals surface area contributed by atoms with Gasteiger partial charge in [0, 0.05) is 24.9 Å². The Bertz CT molecular complexity index is 1050. The van der Waals surface area contributed by atoms with E-state index in [4.69, 9.17) is 4.74 Å². The Labute approximate surface area is 187 Å². The van der Waals surface area contributed by atoms with Crippen LogP contribution in [0.3, 0.4) is 0 Å². The zero-order chi connectivity index (χ0) is 24.2. The van der Waals surface area contributed by atoms with E-state index < -0.39 is 29.7 Å². The first-order chi connectivity index (χ1) is 15.5. The summed E-state index contributed by atoms with van der Waals surface area (Å²) in [4.78, 5) is 27.2. The van der Waals surface area contributed by atoms with Gasteiger partial charge in [0.05, 0.1) is 11.7 Å². The van der Waals surface area contributed by atoms with Crippen LogP contribution < -0.4 is 10.1 Å². The molecule has 1 heterocycles. The second-order valence-corrected chi connectivity index (χ2v) is 7.49. The highest BCUT2D eigenvalue weighted by Gasteiger charge is 2.39. The van der Waals surface area contributed by atoms with Gasteiger partial charge in [0.25, 0.3) is 11.8 Å². The van der Waals surface area contributed by atoms with Crippen molar-refractivity contribution in [3.63, 3.8) is 0 Å². The average Bonchev–Trinajstić information content (AvgIpc) is 2.95. The molecule has 0 spiro atoms. The summed E-state index contributed by atoms with van der Waals surface area (Å²) >= 11 is 0. The predicted octanol–water partition coefficient (Wildman–Crippen LogP) is 4.73. The molecule has 2 amide bonds. The number of hydrogen-bond acceptors (Lipinski definition) is 5. The van der Waals surface area contributed by atoms with E-state index in [1.54, 1.807) is 0 Å². The molecule has 0 bridgehead atoms. The Balaban J connectivity index is 1.90. The van der Waals surface area contributed by atoms with E-state index in [0.717, 1.165) is 29.2 Å². The fourth-order valence-corrected chi connectivity index (χ4v) is 3.24. The summed E-state index contributed by atoms with van der Waals surface area (Å²) in [7, 11) is 0. The number of anilines is 1. The van der Waals surface area contributed by atoms with Crippen molar-refractivity contribution < 1.29 is 36.6 Å². The van der Waals surface area contributed by atoms with Crippen LogP contribution in [0.2, 0.25) is 0 Å². The highest BCUT2D eigenvalue weighted by molar-refractivity contribution is 6.36. The first-order valence-electron chi connectivity index (χ1n) is 10.2. The van der Waals surface area contributed by atoms with Gasteiger partial charge in [0.15, 0.2) is 0 Å². The first kappa shape index (κ1) is 24.2. The van der Waals surface area contributed by atoms with E-state index in [1.165, 1.54) is 24.3 Å². The number of ether oxygens (including phenoxy) is 2. The van der Waals surface area contributed by atoms with Gasteiger partial charge >= 0.3 is 6.36 Å². The van der Waals surface area contributed by atoms with Crippen molar-refractivity contribution in [3.8, 4) is 5.75 Å². The zero-order valence-corrected chi connectivity index (χ0v) is 17.9. The SMILES string of the molecule is CC(C)OCCCN1C(=O)C(Nc2cccc(OC(F)(F)F)c2)=C(c2ccc(F)cc2)C1=O. The quantitative estimate of drug-likeness (QED) is 0.329. The van der Waals surface area contributed by atoms with E-state index >= 15 is 0 Å². The summed E-state index contributed by atoms with van der Waals surface area (Å²) < 4.78 is 60.4. The number of carbonyl (C=O) groups is 2. The number of amides is 2. The molecular weight excluding hydrogens is 444 g/mol. The van der Waals surface area contributed by atoms with Gasteiger partial charge < -0.3 is 14.8 Å². The number of hydrogen-bond donors (Lipinski definition) is 1. The van der Waals surface area contributed by atoms with E-state index in [2.05, 4.69) is 10.1 Å². The lowest BCUT2D eigenvalue weighted by Gasteiger charge is -2.16. The van der Waals surface area contributed by atoms with Crippen LogP contribution in [0.15, 0.2) is 54.2 Å². The third-order valence-electron chi connectivity index (χ3n) is 4.62. The largest absolute Gasteiger partial charge is 0.573 e. The number of halogens is 4. The number of alkyl halides is 3. The normalized spacial score (nSPS) is 14.5. The van der Waals surface area contributed by atoms with Gasteiger partial charge in [-0.05, 0) is 50.1 Å². The molecular formula is C23H22F4N2O4. The lowest BCUT2D eigenvalue weighted by atomic mass is 10.0. The first-order valence-corrected chi connectivity index (χ1v) is 10.2. The second kappa shape index (κ2) is 10.0. The van der Waals surface area contributed by atoms with Crippen LogP contribution in [0.4, 0.5) is 23.2 Å². The van der Waals surface area contributed by atoms with Crippen molar-refractivity contribution >= 4 is 23.1 Å². The molecule has 0 aromatic heterocycles. The number of benzene rings is 2. The van der Waals surface area contributed by atoms with Crippen molar-refractivity contribution in [2.24, 2.45) is 0 Å². The molecule has 3 rings (SSSR count). The molecule has 2 aromatic carbocycles. The maximum atomic E-state index is 13.4. The van der Waals surface area contributed by atoms with E-state index in [9.17, 15) is 27.2 Å². The highest BCUT2D eigenvalue weighted by Crippen LogP contribution is 2.32. The molecule has 0 saturated carbocycles. The van der Waals surface area contributed by atoms with Gasteiger partial charge in [0.1, 0.15) is 17.3 Å². The predicted molar refractivity (Wildman–Crippen MR) is 112 cm³/mol. The number of carbonyl (C=O) groups excluding carboxylic acids is 2. The second-order valence-electron chi connectivity index (χ2n) is 7.49. The van der Waals surface area contributed by atoms with E-state index in [-0.39, 0.29) is 29.6 Å². The highest BCUT2D eigenvalue weighted by atomic mass is 19.4. The van der Waals surface area contributed by atoms with Crippen LogP contribution in [0.25, 0.3) is 5.57 Å². The van der Waals surface area contributed by atoms with Gasteiger partial charge in [-0.3, -0.25) is 14.5 Å². The van der Waals surface area contributed by atoms with E-state index in [0.29, 0.717) is 18.6 Å². The monoisotopic (exact) mass is 466 g/mol. The minimum atomic E-state index is -4.88. The van der Waals surface area contributed by atoms with Crippen molar-refractivity contribution in [1.82, 2.24) is 4.90 Å². The Hall–Kier alpha value is -3.40. The molecule has 2 aromatic rings. The standard InChI is InChI=1S/C23H22F4N2O4/c1-14(2)32-12-4-11-29-21(30)19(15-7-9-16(24)10-8-15)20(22(29)31)28-17-5-3-6-18(13-17)33-23(25,26)27/h3,5-10,13-14,28H,4,11-12H2,1-2H3. The van der Waals surface area contributed by atoms with Crippen LogP contribution in [-0.2, 0) is 14.3 Å². The van der Waals surface area contributed by atoms with E-state index in [1.807, 2.05) is 13.8 Å². The summed E-state index contributed by atoms with van der Waals surface area (Å²) in [6.07, 6.45) is -4.49. The topological polar surface area (TPSA) is 67.9 Å². The number of nitrogens with zero attached hydrogens (tertiary/aromatic N) is 1. The van der Waals surface area contributed by atoms with Crippen molar-refractivity contribution in [3.05, 3.63) is 65.6 Å². The van der Waals surface area contributed by atoms with Crippen molar-refractivity contribution in [2.75, 3.05) is 18.5 Å². The summed E-state index contributed by atoms with van der Waals surface area (Å²) in [5.74, 6) is -2.26. The van der Waals surface area contributed by atoms with Gasteiger partial charge in [-0.25, -0.2) is 4.39 Å². The van der Waals surface area contributed by atoms with Crippen molar-refractivity contribution in [1.29, 1.82) is 0 Å².